The van der Waals surface area contributed by atoms with Crippen LogP contribution in [0.2, 0.25) is 0 Å². The molecule has 0 bridgehead atoms. The second-order valence-electron chi connectivity index (χ2n) is 8.51. The molecule has 0 saturated heterocycles. The molecule has 2 atom stereocenters. The number of rotatable bonds is 11. The molecule has 0 aliphatic heterocycles. The van der Waals surface area contributed by atoms with Crippen molar-refractivity contribution in [2.24, 2.45) is 5.92 Å². The third-order valence-corrected chi connectivity index (χ3v) is 5.59. The lowest BCUT2D eigenvalue weighted by atomic mass is 9.97. The second kappa shape index (κ2) is 13.5. The number of nitrogens with one attached hydrogen (secondary N) is 1. The third-order valence-electron chi connectivity index (χ3n) is 5.59. The summed E-state index contributed by atoms with van der Waals surface area (Å²) in [6, 6.07) is 7.73. The van der Waals surface area contributed by atoms with Crippen molar-refractivity contribution in [2.45, 2.75) is 77.2 Å². The number of hydrogen-bond acceptors (Lipinski definition) is 3. The molecule has 1 saturated carbocycles. The van der Waals surface area contributed by atoms with Crippen LogP contribution in [0.15, 0.2) is 24.3 Å². The van der Waals surface area contributed by atoms with E-state index in [-0.39, 0.29) is 12.2 Å². The molecule has 2 N–H and O–H groups in total. The van der Waals surface area contributed by atoms with E-state index in [0.29, 0.717) is 12.5 Å². The Labute approximate surface area is 177 Å². The molecule has 1 fully saturated rings. The van der Waals surface area contributed by atoms with Crippen LogP contribution in [0.4, 0.5) is 5.69 Å². The van der Waals surface area contributed by atoms with Gasteiger partial charge in [0.15, 0.2) is 5.75 Å². The van der Waals surface area contributed by atoms with Gasteiger partial charge in [-0.3, -0.25) is 0 Å². The Kier molecular flexibility index (Phi) is 10.9. The van der Waals surface area contributed by atoms with Gasteiger partial charge < -0.3 is 19.5 Å². The highest BCUT2D eigenvalue weighted by atomic mass is 16.6. The lowest BCUT2D eigenvalue weighted by Gasteiger charge is -2.26. The van der Waals surface area contributed by atoms with E-state index in [1.807, 2.05) is 24.3 Å². The molecule has 29 heavy (non-hydrogen) atoms. The molecule has 164 valence electrons. The molecule has 0 heterocycles. The normalized spacial score (nSPS) is 20.5. The molecule has 2 rings (SSSR count). The number of unbranched alkanes of at least 4 members (excludes halogenated alkanes) is 4. The summed E-state index contributed by atoms with van der Waals surface area (Å²) in [5, 5.41) is 10.5. The largest absolute Gasteiger partial charge is 0.551 e. The predicted molar refractivity (Wildman–Crippen MR) is 119 cm³/mol. The molecule has 0 amide bonds. The maximum absolute atomic E-state index is 10.5. The Bertz CT molecular complexity index is 604. The van der Waals surface area contributed by atoms with Gasteiger partial charge in [0.25, 0.3) is 5.69 Å². The molecule has 5 heteroatoms. The highest BCUT2D eigenvalue weighted by Crippen LogP contribution is 2.26. The molecule has 0 unspecified atom stereocenters. The molecular formula is C24H41N2O3+. The summed E-state index contributed by atoms with van der Waals surface area (Å²) < 4.78 is 11.9. The summed E-state index contributed by atoms with van der Waals surface area (Å²) in [7, 11) is 4.19. The fourth-order valence-electron chi connectivity index (χ4n) is 4.06. The number of aliphatic hydroxyl groups excluding tert-OH is 1. The van der Waals surface area contributed by atoms with Crippen molar-refractivity contribution in [2.75, 3.05) is 27.2 Å². The Morgan fingerprint density at radius 3 is 2.62 bits per heavy atom. The SMILES string of the molecule is CCCCCCCOc1ccccc1[NH+]=C(O)O[C@H]1CCCCC[C@@H]1CN(C)C. The monoisotopic (exact) mass is 405 g/mol. The van der Waals surface area contributed by atoms with Crippen molar-refractivity contribution in [1.29, 1.82) is 0 Å². The molecule has 0 aromatic heterocycles. The summed E-state index contributed by atoms with van der Waals surface area (Å²) in [5.41, 5.74) is 0.747. The van der Waals surface area contributed by atoms with Gasteiger partial charge in [-0.05, 0) is 45.8 Å². The van der Waals surface area contributed by atoms with Crippen LogP contribution in [0, 0.1) is 5.92 Å². The highest BCUT2D eigenvalue weighted by molar-refractivity contribution is 5.60. The van der Waals surface area contributed by atoms with Crippen LogP contribution in [-0.4, -0.2) is 49.4 Å². The van der Waals surface area contributed by atoms with Gasteiger partial charge in [0.05, 0.1) is 6.61 Å². The van der Waals surface area contributed by atoms with Crippen molar-refractivity contribution >= 4 is 11.8 Å². The molecule has 0 radical (unpaired) electrons. The average molecular weight is 406 g/mol. The minimum absolute atomic E-state index is 0.0408. The molecular weight excluding hydrogens is 364 g/mol. The van der Waals surface area contributed by atoms with Gasteiger partial charge in [0.1, 0.15) is 6.10 Å². The first-order valence-corrected chi connectivity index (χ1v) is 11.5. The molecule has 1 aromatic rings. The number of benzene rings is 1. The third kappa shape index (κ3) is 9.07. The van der Waals surface area contributed by atoms with Crippen molar-refractivity contribution in [3.05, 3.63) is 24.3 Å². The first kappa shape index (κ1) is 23.5. The van der Waals surface area contributed by atoms with Crippen LogP contribution in [0.1, 0.15) is 71.1 Å². The summed E-state index contributed by atoms with van der Waals surface area (Å²) in [5.74, 6) is 1.19. The highest BCUT2D eigenvalue weighted by Gasteiger charge is 2.28. The van der Waals surface area contributed by atoms with E-state index in [1.165, 1.54) is 38.5 Å². The Hall–Kier alpha value is -1.75. The summed E-state index contributed by atoms with van der Waals surface area (Å²) >= 11 is 0. The van der Waals surface area contributed by atoms with Crippen LogP contribution in [0.25, 0.3) is 0 Å². The zero-order valence-electron chi connectivity index (χ0n) is 18.7. The molecule has 1 aromatic carbocycles. The van der Waals surface area contributed by atoms with E-state index in [4.69, 9.17) is 9.47 Å². The van der Waals surface area contributed by atoms with E-state index in [2.05, 4.69) is 30.9 Å². The molecule has 5 nitrogen and oxygen atoms in total. The van der Waals surface area contributed by atoms with Crippen molar-refractivity contribution in [1.82, 2.24) is 4.90 Å². The first-order chi connectivity index (χ1) is 14.1. The maximum atomic E-state index is 10.5. The van der Waals surface area contributed by atoms with Crippen LogP contribution >= 0.6 is 0 Å². The summed E-state index contributed by atoms with van der Waals surface area (Å²) in [6.07, 6.45) is 11.7. The van der Waals surface area contributed by atoms with Crippen LogP contribution in [0.3, 0.4) is 0 Å². The van der Waals surface area contributed by atoms with Crippen LogP contribution in [0.5, 0.6) is 5.75 Å². The van der Waals surface area contributed by atoms with E-state index in [1.54, 1.807) is 0 Å². The molecule has 1 aliphatic carbocycles. The van der Waals surface area contributed by atoms with Gasteiger partial charge in [-0.25, -0.2) is 0 Å². The topological polar surface area (TPSA) is 55.9 Å². The first-order valence-electron chi connectivity index (χ1n) is 11.5. The van der Waals surface area contributed by atoms with E-state index in [0.717, 1.165) is 43.7 Å². The molecule has 0 spiro atoms. The number of nitrogens with zero attached hydrogens (tertiary/aromatic N) is 1. The Morgan fingerprint density at radius 2 is 1.83 bits per heavy atom. The lowest BCUT2D eigenvalue weighted by molar-refractivity contribution is -0.385. The number of ether oxygens (including phenoxy) is 2. The average Bonchev–Trinajstić information content (AvgIpc) is 2.90. The Morgan fingerprint density at radius 1 is 1.07 bits per heavy atom. The number of hydrogen-bond donors (Lipinski definition) is 2. The van der Waals surface area contributed by atoms with Crippen molar-refractivity contribution in [3.8, 4) is 5.75 Å². The van der Waals surface area contributed by atoms with Gasteiger partial charge >= 0.3 is 6.08 Å². The zero-order chi connectivity index (χ0) is 20.9. The Balaban J connectivity index is 1.95. The van der Waals surface area contributed by atoms with E-state index < -0.39 is 0 Å². The smallest absolute Gasteiger partial charge is 0.487 e. The van der Waals surface area contributed by atoms with Crippen LogP contribution < -0.4 is 9.73 Å². The fraction of sp³-hybridized carbons (Fsp3) is 0.708. The zero-order valence-corrected chi connectivity index (χ0v) is 18.7. The van der Waals surface area contributed by atoms with Gasteiger partial charge in [0.2, 0.25) is 0 Å². The van der Waals surface area contributed by atoms with Gasteiger partial charge in [0, 0.05) is 18.5 Å². The number of para-hydroxylation sites is 2. The minimum atomic E-state index is -0.125. The molecule has 1 aliphatic rings. The van der Waals surface area contributed by atoms with E-state index in [9.17, 15) is 5.11 Å². The van der Waals surface area contributed by atoms with Crippen molar-refractivity contribution in [3.63, 3.8) is 0 Å². The minimum Gasteiger partial charge on any atom is -0.487 e. The number of aliphatic hydroxyl groups is 1. The summed E-state index contributed by atoms with van der Waals surface area (Å²) in [6.45, 7) is 3.90. The fourth-order valence-corrected chi connectivity index (χ4v) is 4.06. The quantitative estimate of drug-likeness (QED) is 0.251. The van der Waals surface area contributed by atoms with Gasteiger partial charge in [-0.1, -0.05) is 57.6 Å². The van der Waals surface area contributed by atoms with Gasteiger partial charge in [-0.15, -0.1) is 4.99 Å². The summed E-state index contributed by atoms with van der Waals surface area (Å²) in [4.78, 5) is 5.23. The van der Waals surface area contributed by atoms with E-state index >= 15 is 0 Å². The van der Waals surface area contributed by atoms with Crippen LogP contribution in [-0.2, 0) is 4.74 Å². The maximum Gasteiger partial charge on any atom is 0.551 e. The standard InChI is InChI=1S/C24H40N2O3/c1-4-5-6-7-13-18-28-23-17-12-11-15-21(23)25-24(27)29-22-16-10-8-9-14-20(22)19-26(2)3/h11-12,15,17,20,22H,4-10,13-14,16,18-19H2,1-3H3,(H,25,27)/p+1/t20-,22+/m1/s1. The van der Waals surface area contributed by atoms with Gasteiger partial charge in [-0.2, -0.15) is 0 Å². The lowest BCUT2D eigenvalue weighted by Crippen LogP contribution is -2.68. The van der Waals surface area contributed by atoms with Crippen molar-refractivity contribution < 1.29 is 19.6 Å². The second-order valence-corrected chi connectivity index (χ2v) is 8.51. The predicted octanol–water partition coefficient (Wildman–Crippen LogP) is 4.19.